The van der Waals surface area contributed by atoms with Gasteiger partial charge in [-0.2, -0.15) is 4.98 Å². The third kappa shape index (κ3) is 2.02. The van der Waals surface area contributed by atoms with E-state index in [4.69, 9.17) is 10.3 Å². The average molecular weight is 268 g/mol. The molecule has 2 N–H and O–H groups in total. The summed E-state index contributed by atoms with van der Waals surface area (Å²) >= 11 is 3.33. The fourth-order valence-electron chi connectivity index (χ4n) is 1.19. The van der Waals surface area contributed by atoms with Gasteiger partial charge in [0.25, 0.3) is 5.89 Å². The number of nitrogens with zero attached hydrogens (tertiary/aromatic N) is 2. The Labute approximate surface area is 95.6 Å². The second-order valence-electron chi connectivity index (χ2n) is 3.11. The van der Waals surface area contributed by atoms with Crippen LogP contribution in [0.2, 0.25) is 0 Å². The Kier molecular flexibility index (Phi) is 2.73. The van der Waals surface area contributed by atoms with Crippen LogP contribution >= 0.6 is 15.9 Å². The van der Waals surface area contributed by atoms with Gasteiger partial charge in [-0.1, -0.05) is 12.1 Å². The molecule has 2 aromatic rings. The molecule has 0 atom stereocenters. The van der Waals surface area contributed by atoms with Crippen molar-refractivity contribution in [2.45, 2.75) is 13.3 Å². The summed E-state index contributed by atoms with van der Waals surface area (Å²) in [5.41, 5.74) is 7.25. The lowest BCUT2D eigenvalue weighted by Gasteiger charge is -1.99. The number of hydrogen-bond acceptors (Lipinski definition) is 4. The third-order valence-corrected chi connectivity index (χ3v) is 2.75. The predicted octanol–water partition coefficient (Wildman–Crippen LogP) is 2.64. The standard InChI is InChI=1S/C10H10BrN3O/c1-2-9-13-10(15-14-9)6-3-4-7(11)8(12)5-6/h3-5H,2,12H2,1H3. The minimum atomic E-state index is 0.506. The number of hydrogen-bond donors (Lipinski definition) is 1. The van der Waals surface area contributed by atoms with E-state index in [0.29, 0.717) is 17.4 Å². The Bertz CT molecular complexity index is 481. The molecule has 5 heteroatoms. The van der Waals surface area contributed by atoms with Gasteiger partial charge in [-0.15, -0.1) is 0 Å². The zero-order valence-corrected chi connectivity index (χ0v) is 9.78. The number of nitrogens with two attached hydrogens (primary N) is 1. The number of aryl methyl sites for hydroxylation is 1. The van der Waals surface area contributed by atoms with Crippen LogP contribution in [0.15, 0.2) is 27.2 Å². The van der Waals surface area contributed by atoms with Crippen LogP contribution < -0.4 is 5.73 Å². The maximum Gasteiger partial charge on any atom is 0.257 e. The molecule has 1 aromatic heterocycles. The first-order chi connectivity index (χ1) is 7.20. The molecule has 2 rings (SSSR count). The molecule has 0 aliphatic rings. The minimum absolute atomic E-state index is 0.506. The summed E-state index contributed by atoms with van der Waals surface area (Å²) in [6.45, 7) is 1.98. The van der Waals surface area contributed by atoms with E-state index in [0.717, 1.165) is 16.5 Å². The Morgan fingerprint density at radius 2 is 2.27 bits per heavy atom. The quantitative estimate of drug-likeness (QED) is 0.850. The number of aromatic nitrogens is 2. The Balaban J connectivity index is 2.40. The van der Waals surface area contributed by atoms with Crippen molar-refractivity contribution in [2.24, 2.45) is 0 Å². The fraction of sp³-hybridized carbons (Fsp3) is 0.200. The van der Waals surface area contributed by atoms with Crippen LogP contribution in [0.4, 0.5) is 5.69 Å². The summed E-state index contributed by atoms with van der Waals surface area (Å²) in [7, 11) is 0. The lowest BCUT2D eigenvalue weighted by atomic mass is 10.2. The molecule has 0 unspecified atom stereocenters. The molecule has 0 spiro atoms. The number of rotatable bonds is 2. The Morgan fingerprint density at radius 1 is 1.47 bits per heavy atom. The number of benzene rings is 1. The van der Waals surface area contributed by atoms with Gasteiger partial charge in [0, 0.05) is 22.1 Å². The van der Waals surface area contributed by atoms with E-state index in [2.05, 4.69) is 26.1 Å². The van der Waals surface area contributed by atoms with E-state index < -0.39 is 0 Å². The van der Waals surface area contributed by atoms with Crippen molar-refractivity contribution in [1.82, 2.24) is 10.1 Å². The molecule has 4 nitrogen and oxygen atoms in total. The zero-order valence-electron chi connectivity index (χ0n) is 8.20. The van der Waals surface area contributed by atoms with Gasteiger partial charge >= 0.3 is 0 Å². The summed E-state index contributed by atoms with van der Waals surface area (Å²) in [4.78, 5) is 4.22. The van der Waals surface area contributed by atoms with Crippen LogP contribution in [-0.4, -0.2) is 10.1 Å². The van der Waals surface area contributed by atoms with Gasteiger partial charge in [0.1, 0.15) is 0 Å². The topological polar surface area (TPSA) is 64.9 Å². The van der Waals surface area contributed by atoms with Crippen LogP contribution in [0, 0.1) is 0 Å². The van der Waals surface area contributed by atoms with Crippen molar-refractivity contribution in [1.29, 1.82) is 0 Å². The van der Waals surface area contributed by atoms with Gasteiger partial charge in [-0.05, 0) is 34.1 Å². The van der Waals surface area contributed by atoms with E-state index in [1.54, 1.807) is 6.07 Å². The fourth-order valence-corrected chi connectivity index (χ4v) is 1.44. The molecular weight excluding hydrogens is 258 g/mol. The first kappa shape index (κ1) is 10.2. The van der Waals surface area contributed by atoms with E-state index in [1.807, 2.05) is 19.1 Å². The van der Waals surface area contributed by atoms with Crippen molar-refractivity contribution in [2.75, 3.05) is 5.73 Å². The van der Waals surface area contributed by atoms with Crippen molar-refractivity contribution in [3.05, 3.63) is 28.5 Å². The minimum Gasteiger partial charge on any atom is -0.398 e. The van der Waals surface area contributed by atoms with Crippen LogP contribution in [-0.2, 0) is 6.42 Å². The van der Waals surface area contributed by atoms with Crippen LogP contribution in [0.3, 0.4) is 0 Å². The van der Waals surface area contributed by atoms with Gasteiger partial charge in [-0.3, -0.25) is 0 Å². The highest BCUT2D eigenvalue weighted by atomic mass is 79.9. The number of halogens is 1. The molecule has 78 valence electrons. The van der Waals surface area contributed by atoms with E-state index >= 15 is 0 Å². The number of anilines is 1. The van der Waals surface area contributed by atoms with Crippen LogP contribution in [0.5, 0.6) is 0 Å². The van der Waals surface area contributed by atoms with Crippen LogP contribution in [0.1, 0.15) is 12.7 Å². The van der Waals surface area contributed by atoms with Crippen molar-refractivity contribution < 1.29 is 4.52 Å². The molecule has 1 aromatic carbocycles. The molecule has 0 amide bonds. The average Bonchev–Trinajstić information content (AvgIpc) is 2.70. The highest BCUT2D eigenvalue weighted by Gasteiger charge is 2.08. The normalized spacial score (nSPS) is 10.5. The Morgan fingerprint density at radius 3 is 2.87 bits per heavy atom. The van der Waals surface area contributed by atoms with Gasteiger partial charge < -0.3 is 10.3 Å². The van der Waals surface area contributed by atoms with E-state index in [9.17, 15) is 0 Å². The SMILES string of the molecule is CCc1noc(-c2ccc(Br)c(N)c2)n1. The van der Waals surface area contributed by atoms with E-state index in [-0.39, 0.29) is 0 Å². The molecule has 1 heterocycles. The second-order valence-corrected chi connectivity index (χ2v) is 3.96. The second kappa shape index (κ2) is 4.02. The summed E-state index contributed by atoms with van der Waals surface area (Å²) < 4.78 is 5.97. The molecule has 0 bridgehead atoms. The third-order valence-electron chi connectivity index (χ3n) is 2.03. The van der Waals surface area contributed by atoms with Gasteiger partial charge in [-0.25, -0.2) is 0 Å². The molecule has 0 saturated carbocycles. The molecule has 0 fully saturated rings. The summed E-state index contributed by atoms with van der Waals surface area (Å²) in [5, 5.41) is 3.82. The van der Waals surface area contributed by atoms with Crippen molar-refractivity contribution in [3.8, 4) is 11.5 Å². The van der Waals surface area contributed by atoms with Crippen molar-refractivity contribution >= 4 is 21.6 Å². The smallest absolute Gasteiger partial charge is 0.257 e. The first-order valence-corrected chi connectivity index (χ1v) is 5.38. The summed E-state index contributed by atoms with van der Waals surface area (Å²) in [5.74, 6) is 1.21. The highest BCUT2D eigenvalue weighted by Crippen LogP contribution is 2.25. The summed E-state index contributed by atoms with van der Waals surface area (Å²) in [6.07, 6.45) is 0.759. The molecule has 0 saturated heterocycles. The van der Waals surface area contributed by atoms with E-state index in [1.165, 1.54) is 0 Å². The lowest BCUT2D eigenvalue weighted by Crippen LogP contribution is -1.88. The van der Waals surface area contributed by atoms with Gasteiger partial charge in [0.2, 0.25) is 0 Å². The zero-order chi connectivity index (χ0) is 10.8. The molecule has 0 aliphatic heterocycles. The molecule has 0 aliphatic carbocycles. The van der Waals surface area contributed by atoms with Crippen molar-refractivity contribution in [3.63, 3.8) is 0 Å². The monoisotopic (exact) mass is 267 g/mol. The Hall–Kier alpha value is -1.36. The van der Waals surface area contributed by atoms with Crippen LogP contribution in [0.25, 0.3) is 11.5 Å². The van der Waals surface area contributed by atoms with Gasteiger partial charge in [0.15, 0.2) is 5.82 Å². The lowest BCUT2D eigenvalue weighted by molar-refractivity contribution is 0.423. The molecule has 15 heavy (non-hydrogen) atoms. The largest absolute Gasteiger partial charge is 0.398 e. The summed E-state index contributed by atoms with van der Waals surface area (Å²) in [6, 6.07) is 5.55. The highest BCUT2D eigenvalue weighted by molar-refractivity contribution is 9.10. The molecular formula is C10H10BrN3O. The molecule has 0 radical (unpaired) electrons. The maximum atomic E-state index is 5.76. The first-order valence-electron chi connectivity index (χ1n) is 4.58. The number of nitrogen functional groups attached to an aromatic ring is 1. The maximum absolute atomic E-state index is 5.76. The van der Waals surface area contributed by atoms with Gasteiger partial charge in [0.05, 0.1) is 0 Å². The predicted molar refractivity (Wildman–Crippen MR) is 61.2 cm³/mol.